The lowest BCUT2D eigenvalue weighted by atomic mass is 10.0. The smallest absolute Gasteiger partial charge is 0.224 e. The molecule has 1 atom stereocenters. The zero-order valence-electron chi connectivity index (χ0n) is 11.4. The number of carbonyl (C=O) groups is 1. The summed E-state index contributed by atoms with van der Waals surface area (Å²) < 4.78 is 22.7. The van der Waals surface area contributed by atoms with Gasteiger partial charge in [-0.2, -0.15) is 0 Å². The van der Waals surface area contributed by atoms with Gasteiger partial charge in [-0.05, 0) is 25.8 Å². The summed E-state index contributed by atoms with van der Waals surface area (Å²) in [6, 6.07) is 0.187. The van der Waals surface area contributed by atoms with Crippen LogP contribution in [0.1, 0.15) is 32.6 Å². The van der Waals surface area contributed by atoms with Crippen molar-refractivity contribution in [3.8, 4) is 0 Å². The molecule has 7 heteroatoms. The number of hydrogen-bond donors (Lipinski definition) is 1. The summed E-state index contributed by atoms with van der Waals surface area (Å²) in [5, 5.41) is 4.43. The fraction of sp³-hybridized carbons (Fsp3) is 0.917. The lowest BCUT2D eigenvalue weighted by molar-refractivity contribution is -0.130. The number of primary sulfonamides is 1. The van der Waals surface area contributed by atoms with Gasteiger partial charge in [0.1, 0.15) is 5.25 Å². The molecule has 2 aliphatic rings. The standard InChI is InChI=1S/C12H23N3O3S/c1-2-5-14-6-3-10(4-7-14)15-9-11(8-12(15)16)19(13,17)18/h10-11H,2-9H2,1H3,(H2,13,17,18). The average molecular weight is 289 g/mol. The maximum atomic E-state index is 11.9. The van der Waals surface area contributed by atoms with E-state index in [0.29, 0.717) is 0 Å². The average Bonchev–Trinajstić information content (AvgIpc) is 2.73. The predicted octanol–water partition coefficient (Wildman–Crippen LogP) is -0.250. The quantitative estimate of drug-likeness (QED) is 0.773. The van der Waals surface area contributed by atoms with E-state index in [4.69, 9.17) is 5.14 Å². The van der Waals surface area contributed by atoms with Crippen LogP contribution in [0.3, 0.4) is 0 Å². The second kappa shape index (κ2) is 5.76. The normalized spacial score (nSPS) is 27.2. The van der Waals surface area contributed by atoms with E-state index >= 15 is 0 Å². The molecule has 0 saturated carbocycles. The number of sulfonamides is 1. The van der Waals surface area contributed by atoms with Crippen LogP contribution in [0.5, 0.6) is 0 Å². The highest BCUT2D eigenvalue weighted by molar-refractivity contribution is 7.89. The first kappa shape index (κ1) is 14.7. The number of likely N-dealkylation sites (tertiary alicyclic amines) is 2. The molecule has 2 rings (SSSR count). The molecule has 0 bridgehead atoms. The van der Waals surface area contributed by atoms with Crippen molar-refractivity contribution in [1.82, 2.24) is 9.80 Å². The highest BCUT2D eigenvalue weighted by Gasteiger charge is 2.40. The summed E-state index contributed by atoms with van der Waals surface area (Å²) in [6.45, 7) is 5.51. The molecule has 2 N–H and O–H groups in total. The van der Waals surface area contributed by atoms with Crippen LogP contribution in [0.25, 0.3) is 0 Å². The van der Waals surface area contributed by atoms with Gasteiger partial charge in [-0.1, -0.05) is 6.92 Å². The third-order valence-electron chi connectivity index (χ3n) is 4.13. The van der Waals surface area contributed by atoms with Gasteiger partial charge in [0.15, 0.2) is 0 Å². The Morgan fingerprint density at radius 1 is 1.32 bits per heavy atom. The van der Waals surface area contributed by atoms with Crippen molar-refractivity contribution in [2.24, 2.45) is 5.14 Å². The van der Waals surface area contributed by atoms with Gasteiger partial charge in [-0.15, -0.1) is 0 Å². The van der Waals surface area contributed by atoms with Crippen LogP contribution in [0.2, 0.25) is 0 Å². The third-order valence-corrected chi connectivity index (χ3v) is 5.37. The molecule has 0 aromatic rings. The fourth-order valence-electron chi connectivity index (χ4n) is 3.04. The second-order valence-electron chi connectivity index (χ2n) is 5.53. The van der Waals surface area contributed by atoms with Gasteiger partial charge in [0.25, 0.3) is 0 Å². The Bertz CT molecular complexity index is 430. The summed E-state index contributed by atoms with van der Waals surface area (Å²) in [6.07, 6.45) is 3.06. The maximum Gasteiger partial charge on any atom is 0.224 e. The molecule has 2 saturated heterocycles. The Hall–Kier alpha value is -0.660. The van der Waals surface area contributed by atoms with Gasteiger partial charge in [0.05, 0.1) is 0 Å². The first-order valence-electron chi connectivity index (χ1n) is 6.95. The van der Waals surface area contributed by atoms with Gasteiger partial charge in [-0.25, -0.2) is 13.6 Å². The van der Waals surface area contributed by atoms with Crippen LogP contribution < -0.4 is 5.14 Å². The zero-order valence-corrected chi connectivity index (χ0v) is 12.2. The highest BCUT2D eigenvalue weighted by Crippen LogP contribution is 2.24. The molecular formula is C12H23N3O3S. The lowest BCUT2D eigenvalue weighted by Crippen LogP contribution is -2.46. The first-order chi connectivity index (χ1) is 8.91. The van der Waals surface area contributed by atoms with E-state index < -0.39 is 15.3 Å². The molecule has 0 aromatic heterocycles. The molecule has 0 radical (unpaired) electrons. The van der Waals surface area contributed by atoms with Crippen LogP contribution in [-0.2, 0) is 14.8 Å². The number of rotatable bonds is 4. The van der Waals surface area contributed by atoms with E-state index in [-0.39, 0.29) is 24.9 Å². The van der Waals surface area contributed by atoms with Gasteiger partial charge in [-0.3, -0.25) is 4.79 Å². The Balaban J connectivity index is 1.92. The monoisotopic (exact) mass is 289 g/mol. The van der Waals surface area contributed by atoms with E-state index in [0.717, 1.165) is 38.9 Å². The van der Waals surface area contributed by atoms with Crippen LogP contribution >= 0.6 is 0 Å². The van der Waals surface area contributed by atoms with Gasteiger partial charge in [0, 0.05) is 32.1 Å². The Morgan fingerprint density at radius 3 is 2.42 bits per heavy atom. The Kier molecular flexibility index (Phi) is 4.47. The van der Waals surface area contributed by atoms with Crippen molar-refractivity contribution in [1.29, 1.82) is 0 Å². The topological polar surface area (TPSA) is 83.7 Å². The number of hydrogen-bond acceptors (Lipinski definition) is 4. The fourth-order valence-corrected chi connectivity index (χ4v) is 3.78. The molecule has 1 amide bonds. The largest absolute Gasteiger partial charge is 0.338 e. The Labute approximate surface area is 115 Å². The molecule has 6 nitrogen and oxygen atoms in total. The van der Waals surface area contributed by atoms with Crippen LogP contribution in [-0.4, -0.2) is 61.6 Å². The number of piperidine rings is 1. The van der Waals surface area contributed by atoms with Crippen molar-refractivity contribution in [3.63, 3.8) is 0 Å². The third kappa shape index (κ3) is 3.46. The number of nitrogens with zero attached hydrogens (tertiary/aromatic N) is 2. The SMILES string of the molecule is CCCN1CCC(N2CC(S(N)(=O)=O)CC2=O)CC1. The minimum atomic E-state index is -3.60. The first-order valence-corrected chi connectivity index (χ1v) is 8.56. The van der Waals surface area contributed by atoms with Gasteiger partial charge in [0.2, 0.25) is 15.9 Å². The molecule has 0 spiro atoms. The van der Waals surface area contributed by atoms with E-state index in [1.807, 2.05) is 0 Å². The summed E-state index contributed by atoms with van der Waals surface area (Å²) >= 11 is 0. The molecule has 2 aliphatic heterocycles. The van der Waals surface area contributed by atoms with Crippen LogP contribution in [0, 0.1) is 0 Å². The van der Waals surface area contributed by atoms with E-state index in [1.165, 1.54) is 0 Å². The summed E-state index contributed by atoms with van der Waals surface area (Å²) in [5.41, 5.74) is 0. The lowest BCUT2D eigenvalue weighted by Gasteiger charge is -2.36. The summed E-state index contributed by atoms with van der Waals surface area (Å²) in [4.78, 5) is 16.1. The van der Waals surface area contributed by atoms with Crippen LogP contribution in [0.4, 0.5) is 0 Å². The number of nitrogens with two attached hydrogens (primary N) is 1. The van der Waals surface area contributed by atoms with Crippen LogP contribution in [0.15, 0.2) is 0 Å². The maximum absolute atomic E-state index is 11.9. The highest BCUT2D eigenvalue weighted by atomic mass is 32.2. The van der Waals surface area contributed by atoms with Crippen molar-refractivity contribution in [3.05, 3.63) is 0 Å². The van der Waals surface area contributed by atoms with Crippen molar-refractivity contribution in [2.45, 2.75) is 43.9 Å². The van der Waals surface area contributed by atoms with Gasteiger partial charge >= 0.3 is 0 Å². The van der Waals surface area contributed by atoms with E-state index in [9.17, 15) is 13.2 Å². The summed E-state index contributed by atoms with van der Waals surface area (Å²) in [7, 11) is -3.60. The molecule has 19 heavy (non-hydrogen) atoms. The molecule has 110 valence electrons. The molecule has 2 heterocycles. The van der Waals surface area contributed by atoms with E-state index in [1.54, 1.807) is 4.90 Å². The van der Waals surface area contributed by atoms with Crippen molar-refractivity contribution < 1.29 is 13.2 Å². The molecule has 0 aliphatic carbocycles. The predicted molar refractivity (Wildman–Crippen MR) is 73.0 cm³/mol. The summed E-state index contributed by atoms with van der Waals surface area (Å²) in [5.74, 6) is -0.0621. The number of amides is 1. The van der Waals surface area contributed by atoms with E-state index in [2.05, 4.69) is 11.8 Å². The van der Waals surface area contributed by atoms with Crippen molar-refractivity contribution >= 4 is 15.9 Å². The second-order valence-corrected chi connectivity index (χ2v) is 7.38. The molecule has 1 unspecified atom stereocenters. The zero-order chi connectivity index (χ0) is 14.0. The minimum Gasteiger partial charge on any atom is -0.338 e. The molecule has 2 fully saturated rings. The van der Waals surface area contributed by atoms with Crippen molar-refractivity contribution in [2.75, 3.05) is 26.2 Å². The Morgan fingerprint density at radius 2 is 1.95 bits per heavy atom. The minimum absolute atomic E-state index is 0.0496. The molecule has 0 aromatic carbocycles. The molecular weight excluding hydrogens is 266 g/mol. The number of carbonyl (C=O) groups excluding carboxylic acids is 1. The van der Waals surface area contributed by atoms with Gasteiger partial charge < -0.3 is 9.80 Å².